The van der Waals surface area contributed by atoms with E-state index in [2.05, 4.69) is 4.90 Å². The second kappa shape index (κ2) is 14.2. The van der Waals surface area contributed by atoms with Gasteiger partial charge in [-0.1, -0.05) is 30.3 Å². The van der Waals surface area contributed by atoms with Crippen molar-refractivity contribution in [1.29, 1.82) is 5.26 Å². The van der Waals surface area contributed by atoms with Crippen LogP contribution in [0.5, 0.6) is 0 Å². The molecule has 1 spiro atoms. The first kappa shape index (κ1) is 36.8. The van der Waals surface area contributed by atoms with E-state index in [4.69, 9.17) is 5.26 Å². The summed E-state index contributed by atoms with van der Waals surface area (Å²) < 4.78 is 110. The van der Waals surface area contributed by atoms with Crippen molar-refractivity contribution in [3.05, 3.63) is 101 Å². The van der Waals surface area contributed by atoms with Gasteiger partial charge in [-0.3, -0.25) is 4.79 Å². The minimum atomic E-state index is -5.06. The van der Waals surface area contributed by atoms with E-state index in [0.29, 0.717) is 50.0 Å². The van der Waals surface area contributed by atoms with Crippen molar-refractivity contribution in [2.75, 3.05) is 32.7 Å². The molecule has 6 rings (SSSR count). The number of rotatable bonds is 6. The van der Waals surface area contributed by atoms with E-state index in [9.17, 15) is 39.6 Å². The summed E-state index contributed by atoms with van der Waals surface area (Å²) in [5, 5.41) is 9.04. The Hall–Kier alpha value is -3.93. The molecule has 2 unspecified atom stereocenters. The molecule has 0 radical (unpaired) electrons. The predicted molar refractivity (Wildman–Crippen MR) is 177 cm³/mol. The number of nitriles is 1. The Labute approximate surface area is 293 Å². The lowest BCUT2D eigenvalue weighted by Gasteiger charge is -2.50. The molecule has 3 saturated heterocycles. The number of nitrogens with zero attached hydrogens (tertiary/aromatic N) is 4. The molecule has 3 heterocycles. The molecule has 0 saturated carbocycles. The Kier molecular flexibility index (Phi) is 10.3. The highest BCUT2D eigenvalue weighted by Crippen LogP contribution is 2.44. The number of carbonyl (C=O) groups is 1. The molecule has 2 atom stereocenters. The second-order valence-corrected chi connectivity index (χ2v) is 15.8. The first-order valence-electron chi connectivity index (χ1n) is 17.0. The molecule has 0 bridgehead atoms. The lowest BCUT2D eigenvalue weighted by atomic mass is 9.71. The van der Waals surface area contributed by atoms with Gasteiger partial charge in [0.2, 0.25) is 10.0 Å². The Morgan fingerprint density at radius 2 is 1.37 bits per heavy atom. The SMILES string of the molecule is N#Cc1ccc(S(=O)(=O)N2CCC3(CCN(C4CCN(C(=O)c5cc(C(F)(F)F)cc(C(F)(F)F)c5)C(Cc5ccccc5)C4)CC3)CC2)cc1. The molecule has 0 N–H and O–H groups in total. The van der Waals surface area contributed by atoms with Crippen molar-refractivity contribution in [1.82, 2.24) is 14.1 Å². The van der Waals surface area contributed by atoms with Crippen molar-refractivity contribution in [3.8, 4) is 6.07 Å². The number of alkyl halides is 6. The number of hydrogen-bond acceptors (Lipinski definition) is 5. The smallest absolute Gasteiger partial charge is 0.335 e. The molecule has 3 aromatic rings. The Balaban J connectivity index is 1.13. The van der Waals surface area contributed by atoms with Crippen LogP contribution in [0.1, 0.15) is 71.1 Å². The number of sulfonamides is 1. The van der Waals surface area contributed by atoms with Gasteiger partial charge in [-0.2, -0.15) is 35.9 Å². The lowest BCUT2D eigenvalue weighted by Crippen LogP contribution is -2.55. The highest BCUT2D eigenvalue weighted by atomic mass is 32.2. The highest BCUT2D eigenvalue weighted by molar-refractivity contribution is 7.89. The number of halogens is 6. The number of likely N-dealkylation sites (tertiary alicyclic amines) is 2. The summed E-state index contributed by atoms with van der Waals surface area (Å²) in [5.74, 6) is -0.855. The lowest BCUT2D eigenvalue weighted by molar-refractivity contribution is -0.143. The summed E-state index contributed by atoms with van der Waals surface area (Å²) in [5.41, 5.74) is -2.39. The Bertz CT molecular complexity index is 1830. The van der Waals surface area contributed by atoms with Gasteiger partial charge in [0, 0.05) is 37.3 Å². The standard InChI is InChI=1S/C37H38F6N4O3S/c38-36(39,40)29-21-28(22-30(23-29)37(41,42)43)34(48)47-15-10-31(24-32(47)20-26-4-2-1-3-5-26)45-16-11-35(12-17-45)13-18-46(19-14-35)51(49,50)33-8-6-27(25-44)7-9-33/h1-9,21-23,31-32H,10-20,24H2. The maximum Gasteiger partial charge on any atom is 0.416 e. The van der Waals surface area contributed by atoms with Crippen LogP contribution in [0.25, 0.3) is 0 Å². The fraction of sp³-hybridized carbons (Fsp3) is 0.459. The molecule has 272 valence electrons. The van der Waals surface area contributed by atoms with Gasteiger partial charge in [0.15, 0.2) is 0 Å². The molecule has 14 heteroatoms. The molecule has 3 aliphatic heterocycles. The zero-order valence-electron chi connectivity index (χ0n) is 27.8. The topological polar surface area (TPSA) is 84.7 Å². The van der Waals surface area contributed by atoms with Crippen LogP contribution in [0.15, 0.2) is 77.7 Å². The zero-order chi connectivity index (χ0) is 36.6. The summed E-state index contributed by atoms with van der Waals surface area (Å²) in [6, 6.07) is 17.9. The van der Waals surface area contributed by atoms with E-state index in [-0.39, 0.29) is 29.0 Å². The summed E-state index contributed by atoms with van der Waals surface area (Å²) in [6.07, 6.45) is -5.53. The van der Waals surface area contributed by atoms with Gasteiger partial charge in [-0.15, -0.1) is 0 Å². The van der Waals surface area contributed by atoms with E-state index < -0.39 is 51.0 Å². The number of carbonyl (C=O) groups excluding carboxylic acids is 1. The van der Waals surface area contributed by atoms with E-state index >= 15 is 0 Å². The van der Waals surface area contributed by atoms with Crippen LogP contribution in [-0.4, -0.2) is 73.2 Å². The largest absolute Gasteiger partial charge is 0.416 e. The third kappa shape index (κ3) is 8.10. The number of piperidine rings is 3. The van der Waals surface area contributed by atoms with Crippen molar-refractivity contribution in [2.24, 2.45) is 5.41 Å². The maximum absolute atomic E-state index is 13.8. The molecule has 7 nitrogen and oxygen atoms in total. The van der Waals surface area contributed by atoms with E-state index in [1.54, 1.807) is 0 Å². The van der Waals surface area contributed by atoms with Crippen LogP contribution < -0.4 is 0 Å². The van der Waals surface area contributed by atoms with Gasteiger partial charge in [0.25, 0.3) is 5.91 Å². The van der Waals surface area contributed by atoms with Gasteiger partial charge in [0.1, 0.15) is 0 Å². The normalized spacial score (nSPS) is 22.1. The van der Waals surface area contributed by atoms with Crippen LogP contribution >= 0.6 is 0 Å². The minimum absolute atomic E-state index is 0.00696. The molecule has 0 aromatic heterocycles. The summed E-state index contributed by atoms with van der Waals surface area (Å²) in [6.45, 7) is 2.51. The molecule has 3 aliphatic rings. The first-order valence-corrected chi connectivity index (χ1v) is 18.4. The molecular formula is C37H38F6N4O3S. The zero-order valence-corrected chi connectivity index (χ0v) is 28.6. The van der Waals surface area contributed by atoms with Crippen molar-refractivity contribution in [3.63, 3.8) is 0 Å². The highest BCUT2D eigenvalue weighted by Gasteiger charge is 2.44. The quantitative estimate of drug-likeness (QED) is 0.247. The molecule has 0 aliphatic carbocycles. The summed E-state index contributed by atoms with van der Waals surface area (Å²) in [4.78, 5) is 17.8. The van der Waals surface area contributed by atoms with Gasteiger partial charge in [0.05, 0.1) is 27.7 Å². The van der Waals surface area contributed by atoms with Crippen molar-refractivity contribution >= 4 is 15.9 Å². The number of hydrogen-bond donors (Lipinski definition) is 0. The Morgan fingerprint density at radius 1 is 0.804 bits per heavy atom. The van der Waals surface area contributed by atoms with Crippen LogP contribution in [0.2, 0.25) is 0 Å². The summed E-state index contributed by atoms with van der Waals surface area (Å²) in [7, 11) is -3.68. The average Bonchev–Trinajstić information content (AvgIpc) is 3.11. The second-order valence-electron chi connectivity index (χ2n) is 13.9. The minimum Gasteiger partial charge on any atom is -0.335 e. The molecule has 51 heavy (non-hydrogen) atoms. The third-order valence-corrected chi connectivity index (χ3v) is 12.8. The van der Waals surface area contributed by atoms with Gasteiger partial charge in [-0.05, 0) is 111 Å². The molecule has 1 amide bonds. The van der Waals surface area contributed by atoms with Crippen LogP contribution in [0, 0.1) is 16.7 Å². The van der Waals surface area contributed by atoms with Crippen LogP contribution in [0.3, 0.4) is 0 Å². The van der Waals surface area contributed by atoms with Gasteiger partial charge < -0.3 is 9.80 Å². The van der Waals surface area contributed by atoms with Crippen LogP contribution in [0.4, 0.5) is 26.3 Å². The van der Waals surface area contributed by atoms with E-state index in [0.717, 1.165) is 44.3 Å². The van der Waals surface area contributed by atoms with Crippen LogP contribution in [-0.2, 0) is 28.8 Å². The number of amides is 1. The molecule has 3 aromatic carbocycles. The third-order valence-electron chi connectivity index (χ3n) is 10.9. The van der Waals surface area contributed by atoms with E-state index in [1.165, 1.54) is 33.5 Å². The number of benzene rings is 3. The molecular weight excluding hydrogens is 694 g/mol. The van der Waals surface area contributed by atoms with Crippen molar-refractivity contribution in [2.45, 2.75) is 74.3 Å². The average molecular weight is 733 g/mol. The van der Waals surface area contributed by atoms with E-state index in [1.807, 2.05) is 36.4 Å². The van der Waals surface area contributed by atoms with Gasteiger partial charge >= 0.3 is 12.4 Å². The first-order chi connectivity index (χ1) is 24.1. The predicted octanol–water partition coefficient (Wildman–Crippen LogP) is 7.38. The maximum atomic E-state index is 13.8. The van der Waals surface area contributed by atoms with Gasteiger partial charge in [-0.25, -0.2) is 8.42 Å². The fourth-order valence-electron chi connectivity index (χ4n) is 7.87. The fourth-order valence-corrected chi connectivity index (χ4v) is 9.31. The summed E-state index contributed by atoms with van der Waals surface area (Å²) >= 11 is 0. The molecule has 3 fully saturated rings. The van der Waals surface area contributed by atoms with Crippen molar-refractivity contribution < 1.29 is 39.6 Å². The monoisotopic (exact) mass is 732 g/mol. The Morgan fingerprint density at radius 3 is 1.92 bits per heavy atom.